The Hall–Kier alpha value is -2.32. The van der Waals surface area contributed by atoms with Gasteiger partial charge in [0.05, 0.1) is 0 Å². The number of aliphatic hydroxyl groups excluding tert-OH is 1. The Balaban J connectivity index is 1.71. The van der Waals surface area contributed by atoms with Gasteiger partial charge in [0.15, 0.2) is 0 Å². The minimum atomic E-state index is -0.622. The van der Waals surface area contributed by atoms with Crippen molar-refractivity contribution >= 4 is 10.8 Å². The molecular weight excluding hydrogens is 260 g/mol. The van der Waals surface area contributed by atoms with Crippen molar-refractivity contribution in [1.29, 1.82) is 0 Å². The Labute approximate surface area is 123 Å². The zero-order chi connectivity index (χ0) is 14.2. The van der Waals surface area contributed by atoms with Gasteiger partial charge in [-0.05, 0) is 28.0 Å². The number of hydrogen-bond donors (Lipinski definition) is 1. The summed E-state index contributed by atoms with van der Waals surface area (Å²) < 4.78 is 5.92. The number of hydrogen-bond acceptors (Lipinski definition) is 2. The van der Waals surface area contributed by atoms with Crippen LogP contribution in [-0.2, 0) is 6.42 Å². The highest BCUT2D eigenvalue weighted by atomic mass is 16.5. The summed E-state index contributed by atoms with van der Waals surface area (Å²) in [6, 6.07) is 22.2. The van der Waals surface area contributed by atoms with Gasteiger partial charge in [0.1, 0.15) is 18.0 Å². The molecule has 3 aromatic rings. The van der Waals surface area contributed by atoms with Gasteiger partial charge in [0.25, 0.3) is 0 Å². The second-order valence-corrected chi connectivity index (χ2v) is 5.48. The van der Waals surface area contributed by atoms with Crippen LogP contribution in [-0.4, -0.2) is 11.2 Å². The molecule has 0 aromatic heterocycles. The first kappa shape index (κ1) is 12.4. The van der Waals surface area contributed by atoms with Crippen LogP contribution >= 0.6 is 0 Å². The fourth-order valence-electron chi connectivity index (χ4n) is 3.09. The standard InChI is InChI=1S/C19H16O2/c20-19(18-12-14-7-2-4-11-17(14)21-18)16-10-5-8-13-6-1-3-9-15(13)16/h1-11,18-20H,12H2. The van der Waals surface area contributed by atoms with Gasteiger partial charge in [-0.25, -0.2) is 0 Å². The molecule has 1 aliphatic heterocycles. The summed E-state index contributed by atoms with van der Waals surface area (Å²) in [4.78, 5) is 0. The van der Waals surface area contributed by atoms with Gasteiger partial charge < -0.3 is 9.84 Å². The van der Waals surface area contributed by atoms with E-state index in [0.717, 1.165) is 28.5 Å². The van der Waals surface area contributed by atoms with E-state index in [1.165, 1.54) is 5.56 Å². The highest BCUT2D eigenvalue weighted by Gasteiger charge is 2.30. The fraction of sp³-hybridized carbons (Fsp3) is 0.158. The molecule has 2 atom stereocenters. The molecule has 1 N–H and O–H groups in total. The molecule has 4 rings (SSSR count). The van der Waals surface area contributed by atoms with Crippen molar-refractivity contribution in [3.8, 4) is 5.75 Å². The van der Waals surface area contributed by atoms with Crippen LogP contribution in [0.5, 0.6) is 5.75 Å². The molecular formula is C19H16O2. The van der Waals surface area contributed by atoms with Crippen molar-refractivity contribution in [2.75, 3.05) is 0 Å². The second-order valence-electron chi connectivity index (χ2n) is 5.48. The van der Waals surface area contributed by atoms with E-state index in [1.54, 1.807) is 0 Å². The third kappa shape index (κ3) is 2.08. The van der Waals surface area contributed by atoms with Gasteiger partial charge in [0, 0.05) is 6.42 Å². The third-order valence-corrected chi connectivity index (χ3v) is 4.17. The van der Waals surface area contributed by atoms with Crippen LogP contribution in [0.3, 0.4) is 0 Å². The van der Waals surface area contributed by atoms with E-state index in [9.17, 15) is 5.11 Å². The zero-order valence-electron chi connectivity index (χ0n) is 11.6. The molecule has 3 aromatic carbocycles. The number of rotatable bonds is 2. The third-order valence-electron chi connectivity index (χ3n) is 4.17. The molecule has 1 aliphatic rings. The number of ether oxygens (including phenoxy) is 1. The fourth-order valence-corrected chi connectivity index (χ4v) is 3.09. The lowest BCUT2D eigenvalue weighted by molar-refractivity contribution is 0.0502. The van der Waals surface area contributed by atoms with Crippen molar-refractivity contribution < 1.29 is 9.84 Å². The van der Waals surface area contributed by atoms with Crippen LogP contribution in [0.2, 0.25) is 0 Å². The lowest BCUT2D eigenvalue weighted by Gasteiger charge is -2.20. The van der Waals surface area contributed by atoms with Crippen LogP contribution in [0.25, 0.3) is 10.8 Å². The molecule has 0 fully saturated rings. The van der Waals surface area contributed by atoms with Crippen LogP contribution in [0.1, 0.15) is 17.2 Å². The van der Waals surface area contributed by atoms with Gasteiger partial charge >= 0.3 is 0 Å². The molecule has 0 radical (unpaired) electrons. The lowest BCUT2D eigenvalue weighted by Crippen LogP contribution is -2.23. The van der Waals surface area contributed by atoms with Gasteiger partial charge in [-0.15, -0.1) is 0 Å². The maximum absolute atomic E-state index is 10.8. The van der Waals surface area contributed by atoms with E-state index in [4.69, 9.17) is 4.74 Å². The summed E-state index contributed by atoms with van der Waals surface area (Å²) in [6.45, 7) is 0. The average Bonchev–Trinajstić information content (AvgIpc) is 2.97. The number of para-hydroxylation sites is 1. The maximum atomic E-state index is 10.8. The molecule has 104 valence electrons. The topological polar surface area (TPSA) is 29.5 Å². The molecule has 0 amide bonds. The lowest BCUT2D eigenvalue weighted by atomic mass is 9.95. The molecule has 0 saturated heterocycles. The quantitative estimate of drug-likeness (QED) is 0.769. The molecule has 2 nitrogen and oxygen atoms in total. The molecule has 0 saturated carbocycles. The molecule has 2 heteroatoms. The number of fused-ring (bicyclic) bond motifs is 2. The van der Waals surface area contributed by atoms with E-state index in [2.05, 4.69) is 24.3 Å². The molecule has 0 bridgehead atoms. The Morgan fingerprint density at radius 3 is 2.57 bits per heavy atom. The van der Waals surface area contributed by atoms with Crippen molar-refractivity contribution in [1.82, 2.24) is 0 Å². The summed E-state index contributed by atoms with van der Waals surface area (Å²) in [6.07, 6.45) is -0.0858. The Morgan fingerprint density at radius 2 is 1.67 bits per heavy atom. The summed E-state index contributed by atoms with van der Waals surface area (Å²) in [5, 5.41) is 13.0. The first-order chi connectivity index (χ1) is 10.3. The molecule has 0 aliphatic carbocycles. The predicted octanol–water partition coefficient (Wildman–Crippen LogP) is 3.88. The second kappa shape index (κ2) is 4.90. The van der Waals surface area contributed by atoms with E-state index >= 15 is 0 Å². The monoisotopic (exact) mass is 276 g/mol. The SMILES string of the molecule is OC(c1cccc2ccccc12)C1Cc2ccccc2O1. The highest BCUT2D eigenvalue weighted by molar-refractivity contribution is 5.86. The Morgan fingerprint density at radius 1 is 0.905 bits per heavy atom. The summed E-state index contributed by atoms with van der Waals surface area (Å²) in [5.41, 5.74) is 2.10. The number of aliphatic hydroxyl groups is 1. The first-order valence-electron chi connectivity index (χ1n) is 7.23. The van der Waals surface area contributed by atoms with Crippen molar-refractivity contribution in [2.24, 2.45) is 0 Å². The highest BCUT2D eigenvalue weighted by Crippen LogP contribution is 2.35. The van der Waals surface area contributed by atoms with Crippen LogP contribution < -0.4 is 4.74 Å². The van der Waals surface area contributed by atoms with Crippen LogP contribution in [0.4, 0.5) is 0 Å². The van der Waals surface area contributed by atoms with Gasteiger partial charge in [-0.2, -0.15) is 0 Å². The minimum Gasteiger partial charge on any atom is -0.487 e. The summed E-state index contributed by atoms with van der Waals surface area (Å²) in [7, 11) is 0. The number of benzene rings is 3. The van der Waals surface area contributed by atoms with Crippen molar-refractivity contribution in [3.05, 3.63) is 77.9 Å². The van der Waals surface area contributed by atoms with Crippen LogP contribution in [0.15, 0.2) is 66.7 Å². The van der Waals surface area contributed by atoms with E-state index in [0.29, 0.717) is 0 Å². The molecule has 2 unspecified atom stereocenters. The summed E-state index contributed by atoms with van der Waals surface area (Å²) >= 11 is 0. The molecule has 1 heterocycles. The van der Waals surface area contributed by atoms with E-state index in [1.807, 2.05) is 42.5 Å². The van der Waals surface area contributed by atoms with Gasteiger partial charge in [0.2, 0.25) is 0 Å². The van der Waals surface area contributed by atoms with Crippen molar-refractivity contribution in [3.63, 3.8) is 0 Å². The van der Waals surface area contributed by atoms with Gasteiger partial charge in [-0.3, -0.25) is 0 Å². The van der Waals surface area contributed by atoms with Crippen LogP contribution in [0, 0.1) is 0 Å². The maximum Gasteiger partial charge on any atom is 0.133 e. The smallest absolute Gasteiger partial charge is 0.133 e. The van der Waals surface area contributed by atoms with E-state index in [-0.39, 0.29) is 6.10 Å². The molecule has 0 spiro atoms. The predicted molar refractivity (Wildman–Crippen MR) is 83.5 cm³/mol. The first-order valence-corrected chi connectivity index (χ1v) is 7.23. The zero-order valence-corrected chi connectivity index (χ0v) is 11.6. The van der Waals surface area contributed by atoms with Crippen molar-refractivity contribution in [2.45, 2.75) is 18.6 Å². The van der Waals surface area contributed by atoms with E-state index < -0.39 is 6.10 Å². The average molecular weight is 276 g/mol. The Kier molecular flexibility index (Phi) is 2.90. The molecule has 21 heavy (non-hydrogen) atoms. The summed E-state index contributed by atoms with van der Waals surface area (Å²) in [5.74, 6) is 0.891. The largest absolute Gasteiger partial charge is 0.487 e. The minimum absolute atomic E-state index is 0.215. The Bertz CT molecular complexity index is 764. The van der Waals surface area contributed by atoms with Gasteiger partial charge in [-0.1, -0.05) is 60.7 Å². The normalized spacial score (nSPS) is 18.2.